The third kappa shape index (κ3) is 4.17. The van der Waals surface area contributed by atoms with Gasteiger partial charge in [0.25, 0.3) is 0 Å². The molecule has 0 saturated heterocycles. The Morgan fingerprint density at radius 3 is 2.78 bits per heavy atom. The molecule has 0 fully saturated rings. The van der Waals surface area contributed by atoms with Crippen molar-refractivity contribution in [2.45, 2.75) is 45.4 Å². The molecule has 0 aromatic heterocycles. The van der Waals surface area contributed by atoms with E-state index in [0.717, 1.165) is 19.3 Å². The van der Waals surface area contributed by atoms with E-state index < -0.39 is 5.97 Å². The highest BCUT2D eigenvalue weighted by molar-refractivity contribution is 5.88. The molecule has 0 aromatic rings. The minimum Gasteiger partial charge on any atom is -0.481 e. The van der Waals surface area contributed by atoms with Crippen LogP contribution in [0, 0.1) is 11.8 Å². The number of hydrogen-bond acceptors (Lipinski definition) is 3. The molecule has 1 rings (SSSR count). The number of unbranched alkanes of at least 4 members (excludes halogenated alkanes) is 1. The monoisotopic (exact) mass is 254 g/mol. The van der Waals surface area contributed by atoms with Gasteiger partial charge in [0.2, 0.25) is 0 Å². The average molecular weight is 254 g/mol. The third-order valence-electron chi connectivity index (χ3n) is 3.51. The number of carbonyl (C=O) groups is 2. The quantitative estimate of drug-likeness (QED) is 0.766. The maximum atomic E-state index is 11.6. The molecule has 4 heteroatoms. The number of allylic oxidation sites excluding steroid dienone is 1. The van der Waals surface area contributed by atoms with E-state index in [9.17, 15) is 9.59 Å². The number of carbonyl (C=O) groups excluding carboxylic acids is 1. The first-order valence-electron chi connectivity index (χ1n) is 6.60. The Kier molecular flexibility index (Phi) is 5.89. The molecule has 0 spiro atoms. The summed E-state index contributed by atoms with van der Waals surface area (Å²) in [5.41, 5.74) is 0.641. The van der Waals surface area contributed by atoms with Crippen molar-refractivity contribution in [1.29, 1.82) is 0 Å². The lowest BCUT2D eigenvalue weighted by atomic mass is 9.90. The Morgan fingerprint density at radius 2 is 2.22 bits per heavy atom. The molecule has 1 aliphatic rings. The first-order chi connectivity index (χ1) is 8.58. The van der Waals surface area contributed by atoms with Crippen LogP contribution in [0.5, 0.6) is 0 Å². The molecule has 0 aliphatic heterocycles. The standard InChI is InChI=1S/C14H22O4/c1-3-4-5-10-8-11(13(15)16)6-7-12(9-10)14(17)18-2/h9-11H,3-8H2,1-2H3,(H,15,16)/t10-,11-/m1/s1. The van der Waals surface area contributed by atoms with Crippen LogP contribution in [0.3, 0.4) is 0 Å². The number of ether oxygens (including phenoxy) is 1. The zero-order valence-electron chi connectivity index (χ0n) is 11.1. The highest BCUT2D eigenvalue weighted by Gasteiger charge is 2.27. The minimum absolute atomic E-state index is 0.183. The summed E-state index contributed by atoms with van der Waals surface area (Å²) in [5, 5.41) is 9.15. The molecule has 2 atom stereocenters. The fourth-order valence-electron chi connectivity index (χ4n) is 2.44. The van der Waals surface area contributed by atoms with Crippen LogP contribution in [0.4, 0.5) is 0 Å². The Labute approximate surface area is 108 Å². The predicted octanol–water partition coefficient (Wildman–Crippen LogP) is 2.78. The number of esters is 1. The third-order valence-corrected chi connectivity index (χ3v) is 3.51. The maximum absolute atomic E-state index is 11.6. The van der Waals surface area contributed by atoms with E-state index in [-0.39, 0.29) is 17.8 Å². The highest BCUT2D eigenvalue weighted by atomic mass is 16.5. The van der Waals surface area contributed by atoms with E-state index in [1.165, 1.54) is 7.11 Å². The van der Waals surface area contributed by atoms with E-state index in [2.05, 4.69) is 6.92 Å². The van der Waals surface area contributed by atoms with Gasteiger partial charge in [-0.05, 0) is 31.6 Å². The van der Waals surface area contributed by atoms with E-state index in [1.54, 1.807) is 0 Å². The smallest absolute Gasteiger partial charge is 0.333 e. The largest absolute Gasteiger partial charge is 0.481 e. The van der Waals surface area contributed by atoms with Gasteiger partial charge in [-0.1, -0.05) is 25.8 Å². The normalized spacial score (nSPS) is 24.0. The van der Waals surface area contributed by atoms with E-state index in [4.69, 9.17) is 9.84 Å². The molecule has 0 heterocycles. The van der Waals surface area contributed by atoms with Crippen molar-refractivity contribution < 1.29 is 19.4 Å². The SMILES string of the molecule is CCCC[C@H]1C=C(C(=O)OC)CC[C@@H](C(=O)O)C1. The lowest BCUT2D eigenvalue weighted by Gasteiger charge is -2.15. The van der Waals surface area contributed by atoms with Crippen molar-refractivity contribution in [2.24, 2.45) is 11.8 Å². The second-order valence-corrected chi connectivity index (χ2v) is 4.90. The molecule has 0 unspecified atom stereocenters. The lowest BCUT2D eigenvalue weighted by molar-refractivity contribution is -0.142. The van der Waals surface area contributed by atoms with Gasteiger partial charge in [-0.2, -0.15) is 0 Å². The topological polar surface area (TPSA) is 63.6 Å². The zero-order chi connectivity index (χ0) is 13.5. The van der Waals surface area contributed by atoms with Gasteiger partial charge >= 0.3 is 11.9 Å². The summed E-state index contributed by atoms with van der Waals surface area (Å²) < 4.78 is 4.74. The van der Waals surface area contributed by atoms with Crippen LogP contribution < -0.4 is 0 Å². The molecule has 0 aromatic carbocycles. The second-order valence-electron chi connectivity index (χ2n) is 4.90. The summed E-state index contributed by atoms with van der Waals surface area (Å²) in [5.74, 6) is -1.23. The number of carboxylic acid groups (broad SMARTS) is 1. The molecule has 0 amide bonds. The number of methoxy groups -OCH3 is 1. The fourth-order valence-corrected chi connectivity index (χ4v) is 2.44. The van der Waals surface area contributed by atoms with E-state index in [0.29, 0.717) is 24.8 Å². The van der Waals surface area contributed by atoms with Crippen LogP contribution in [0.2, 0.25) is 0 Å². The van der Waals surface area contributed by atoms with Crippen molar-refractivity contribution in [2.75, 3.05) is 7.11 Å². The van der Waals surface area contributed by atoms with Gasteiger partial charge in [-0.25, -0.2) is 4.79 Å². The summed E-state index contributed by atoms with van der Waals surface area (Å²) in [7, 11) is 1.36. The Balaban J connectivity index is 2.78. The molecule has 0 bridgehead atoms. The molecular weight excluding hydrogens is 232 g/mol. The van der Waals surface area contributed by atoms with Crippen molar-refractivity contribution in [1.82, 2.24) is 0 Å². The van der Waals surface area contributed by atoms with Crippen LogP contribution in [0.1, 0.15) is 45.4 Å². The second kappa shape index (κ2) is 7.19. The molecule has 4 nitrogen and oxygen atoms in total. The first-order valence-corrected chi connectivity index (χ1v) is 6.60. The van der Waals surface area contributed by atoms with Crippen molar-refractivity contribution in [3.05, 3.63) is 11.6 Å². The molecule has 1 N–H and O–H groups in total. The van der Waals surface area contributed by atoms with E-state index >= 15 is 0 Å². The van der Waals surface area contributed by atoms with Crippen LogP contribution in [0.15, 0.2) is 11.6 Å². The van der Waals surface area contributed by atoms with Crippen LogP contribution in [-0.2, 0) is 14.3 Å². The van der Waals surface area contributed by atoms with Gasteiger partial charge < -0.3 is 9.84 Å². The Hall–Kier alpha value is -1.32. The Bertz CT molecular complexity index is 333. The zero-order valence-corrected chi connectivity index (χ0v) is 11.1. The van der Waals surface area contributed by atoms with Crippen molar-refractivity contribution in [3.63, 3.8) is 0 Å². The van der Waals surface area contributed by atoms with Gasteiger partial charge in [-0.15, -0.1) is 0 Å². The maximum Gasteiger partial charge on any atom is 0.333 e. The van der Waals surface area contributed by atoms with Crippen LogP contribution in [0.25, 0.3) is 0 Å². The number of aliphatic carboxylic acids is 1. The molecule has 102 valence electrons. The van der Waals surface area contributed by atoms with Gasteiger partial charge in [0.15, 0.2) is 0 Å². The number of rotatable bonds is 5. The summed E-state index contributed by atoms with van der Waals surface area (Å²) in [6, 6.07) is 0. The van der Waals surface area contributed by atoms with E-state index in [1.807, 2.05) is 6.08 Å². The first kappa shape index (κ1) is 14.7. The highest BCUT2D eigenvalue weighted by Crippen LogP contribution is 2.30. The number of hydrogen-bond donors (Lipinski definition) is 1. The van der Waals surface area contributed by atoms with Gasteiger partial charge in [0, 0.05) is 5.57 Å². The summed E-state index contributed by atoms with van der Waals surface area (Å²) in [6.07, 6.45) is 6.68. The lowest BCUT2D eigenvalue weighted by Crippen LogP contribution is -2.16. The average Bonchev–Trinajstić information content (AvgIpc) is 2.58. The minimum atomic E-state index is -0.754. The van der Waals surface area contributed by atoms with Gasteiger partial charge in [0.1, 0.15) is 0 Å². The summed E-state index contributed by atoms with van der Waals surface area (Å²) >= 11 is 0. The molecule has 1 aliphatic carbocycles. The molecule has 0 saturated carbocycles. The summed E-state index contributed by atoms with van der Waals surface area (Å²) in [4.78, 5) is 22.7. The molecule has 0 radical (unpaired) electrons. The van der Waals surface area contributed by atoms with Gasteiger partial charge in [-0.3, -0.25) is 4.79 Å². The van der Waals surface area contributed by atoms with Crippen LogP contribution >= 0.6 is 0 Å². The van der Waals surface area contributed by atoms with Crippen molar-refractivity contribution >= 4 is 11.9 Å². The number of carboxylic acids is 1. The molecule has 18 heavy (non-hydrogen) atoms. The Morgan fingerprint density at radius 1 is 1.50 bits per heavy atom. The van der Waals surface area contributed by atoms with Crippen LogP contribution in [-0.4, -0.2) is 24.2 Å². The fraction of sp³-hybridized carbons (Fsp3) is 0.714. The summed E-state index contributed by atoms with van der Waals surface area (Å²) in [6.45, 7) is 2.11. The van der Waals surface area contributed by atoms with Gasteiger partial charge in [0.05, 0.1) is 13.0 Å². The van der Waals surface area contributed by atoms with Crippen molar-refractivity contribution in [3.8, 4) is 0 Å². The predicted molar refractivity (Wildman–Crippen MR) is 68.1 cm³/mol. The molecular formula is C14H22O4.